The molecule has 3 aliphatic rings. The fourth-order valence-corrected chi connectivity index (χ4v) is 3.78. The molecule has 1 aliphatic heterocycles. The second-order valence-corrected chi connectivity index (χ2v) is 5.55. The Labute approximate surface area is 86.3 Å². The number of aliphatic hydroxyl groups excluding tert-OH is 1. The Morgan fingerprint density at radius 3 is 2.64 bits per heavy atom. The van der Waals surface area contributed by atoms with Gasteiger partial charge in [-0.15, -0.1) is 0 Å². The first-order valence-corrected chi connectivity index (χ1v) is 6.25. The normalized spacial score (nSPS) is 47.8. The summed E-state index contributed by atoms with van der Waals surface area (Å²) in [4.78, 5) is 2.66. The summed E-state index contributed by atoms with van der Waals surface area (Å²) in [5, 5.41) is 9.79. The van der Waals surface area contributed by atoms with E-state index in [0.717, 1.165) is 18.4 Å². The third kappa shape index (κ3) is 1.49. The van der Waals surface area contributed by atoms with Gasteiger partial charge in [0.2, 0.25) is 0 Å². The molecule has 0 aromatic carbocycles. The summed E-state index contributed by atoms with van der Waals surface area (Å²) in [7, 11) is 0. The van der Waals surface area contributed by atoms with Gasteiger partial charge in [0.1, 0.15) is 0 Å². The Morgan fingerprint density at radius 1 is 1.14 bits per heavy atom. The number of hydrogen-bond acceptors (Lipinski definition) is 2. The van der Waals surface area contributed by atoms with E-state index in [9.17, 15) is 5.11 Å². The van der Waals surface area contributed by atoms with Crippen LogP contribution in [0.25, 0.3) is 0 Å². The van der Waals surface area contributed by atoms with Crippen molar-refractivity contribution >= 4 is 0 Å². The molecule has 4 unspecified atom stereocenters. The minimum Gasteiger partial charge on any atom is -0.393 e. The van der Waals surface area contributed by atoms with Crippen LogP contribution < -0.4 is 0 Å². The van der Waals surface area contributed by atoms with Crippen LogP contribution in [0, 0.1) is 11.8 Å². The Bertz CT molecular complexity index is 218. The molecule has 2 saturated carbocycles. The van der Waals surface area contributed by atoms with Gasteiger partial charge in [-0.05, 0) is 43.9 Å². The van der Waals surface area contributed by atoms with Gasteiger partial charge >= 0.3 is 0 Å². The van der Waals surface area contributed by atoms with Crippen LogP contribution in [0.1, 0.15) is 38.5 Å². The van der Waals surface area contributed by atoms with E-state index in [1.165, 1.54) is 45.2 Å². The molecule has 14 heavy (non-hydrogen) atoms. The number of rotatable bonds is 2. The van der Waals surface area contributed by atoms with E-state index < -0.39 is 0 Å². The molecule has 2 aliphatic carbocycles. The lowest BCUT2D eigenvalue weighted by Gasteiger charge is -2.30. The first-order chi connectivity index (χ1) is 6.83. The van der Waals surface area contributed by atoms with E-state index in [-0.39, 0.29) is 6.10 Å². The number of aliphatic hydroxyl groups is 1. The maximum Gasteiger partial charge on any atom is 0.0580 e. The third-order valence-corrected chi connectivity index (χ3v) is 4.61. The van der Waals surface area contributed by atoms with Crippen molar-refractivity contribution in [3.05, 3.63) is 0 Å². The highest BCUT2D eigenvalue weighted by Crippen LogP contribution is 2.39. The minimum atomic E-state index is 0.00845. The largest absolute Gasteiger partial charge is 0.393 e. The first kappa shape index (κ1) is 9.17. The van der Waals surface area contributed by atoms with Crippen molar-refractivity contribution in [1.82, 2.24) is 4.90 Å². The van der Waals surface area contributed by atoms with E-state index in [1.54, 1.807) is 0 Å². The molecule has 0 amide bonds. The lowest BCUT2D eigenvalue weighted by molar-refractivity contribution is 0.0904. The average molecular weight is 195 g/mol. The zero-order valence-electron chi connectivity index (χ0n) is 8.86. The number of nitrogens with zero attached hydrogens (tertiary/aromatic N) is 1. The van der Waals surface area contributed by atoms with Gasteiger partial charge in [0.15, 0.2) is 0 Å². The molecule has 1 heterocycles. The van der Waals surface area contributed by atoms with Crippen molar-refractivity contribution in [3.63, 3.8) is 0 Å². The van der Waals surface area contributed by atoms with Crippen LogP contribution in [0.2, 0.25) is 0 Å². The summed E-state index contributed by atoms with van der Waals surface area (Å²) >= 11 is 0. The lowest BCUT2D eigenvalue weighted by atomic mass is 10.0. The van der Waals surface area contributed by atoms with Crippen LogP contribution in [0.15, 0.2) is 0 Å². The monoisotopic (exact) mass is 195 g/mol. The van der Waals surface area contributed by atoms with Gasteiger partial charge in [-0.2, -0.15) is 0 Å². The Morgan fingerprint density at radius 2 is 2.07 bits per heavy atom. The number of piperidine rings is 1. The highest BCUT2D eigenvalue weighted by molar-refractivity contribution is 4.94. The number of fused-ring (bicyclic) bond motifs is 2. The van der Waals surface area contributed by atoms with Gasteiger partial charge < -0.3 is 5.11 Å². The van der Waals surface area contributed by atoms with Crippen LogP contribution >= 0.6 is 0 Å². The van der Waals surface area contributed by atoms with Gasteiger partial charge in [-0.1, -0.05) is 6.42 Å². The van der Waals surface area contributed by atoms with E-state index in [0.29, 0.717) is 5.92 Å². The maximum atomic E-state index is 9.79. The number of hydrogen-bond donors (Lipinski definition) is 1. The van der Waals surface area contributed by atoms with Crippen molar-refractivity contribution in [2.45, 2.75) is 50.7 Å². The molecular formula is C12H21NO. The molecule has 2 bridgehead atoms. The van der Waals surface area contributed by atoms with Crippen LogP contribution in [0.4, 0.5) is 0 Å². The molecule has 1 saturated heterocycles. The summed E-state index contributed by atoms with van der Waals surface area (Å²) in [6.07, 6.45) is 7.90. The van der Waals surface area contributed by atoms with Gasteiger partial charge in [0.25, 0.3) is 0 Å². The highest BCUT2D eigenvalue weighted by atomic mass is 16.3. The predicted octanol–water partition coefficient (Wildman–Crippen LogP) is 1.63. The molecule has 80 valence electrons. The molecule has 0 aromatic heterocycles. The van der Waals surface area contributed by atoms with E-state index >= 15 is 0 Å². The Kier molecular flexibility index (Phi) is 2.29. The van der Waals surface area contributed by atoms with Crippen LogP contribution in [-0.2, 0) is 0 Å². The SMILES string of the molecule is OC1CCCC1CN1CC2CCC1C2. The molecule has 2 nitrogen and oxygen atoms in total. The lowest BCUT2D eigenvalue weighted by Crippen LogP contribution is -2.38. The Hall–Kier alpha value is -0.0800. The van der Waals surface area contributed by atoms with E-state index in [4.69, 9.17) is 0 Å². The second kappa shape index (κ2) is 3.49. The van der Waals surface area contributed by atoms with Gasteiger partial charge in [-0.3, -0.25) is 4.90 Å². The highest BCUT2D eigenvalue weighted by Gasteiger charge is 2.39. The quantitative estimate of drug-likeness (QED) is 0.724. The first-order valence-electron chi connectivity index (χ1n) is 6.25. The van der Waals surface area contributed by atoms with E-state index in [2.05, 4.69) is 4.90 Å². The molecule has 3 fully saturated rings. The van der Waals surface area contributed by atoms with Gasteiger partial charge in [0.05, 0.1) is 6.10 Å². The average Bonchev–Trinajstić information content (AvgIpc) is 2.83. The molecule has 4 atom stereocenters. The maximum absolute atomic E-state index is 9.79. The summed E-state index contributed by atoms with van der Waals surface area (Å²) in [6.45, 7) is 2.51. The molecule has 3 rings (SSSR count). The summed E-state index contributed by atoms with van der Waals surface area (Å²) in [6, 6.07) is 0.882. The molecule has 0 aromatic rings. The van der Waals surface area contributed by atoms with Crippen LogP contribution in [-0.4, -0.2) is 35.2 Å². The number of likely N-dealkylation sites (tertiary alicyclic amines) is 1. The third-order valence-electron chi connectivity index (χ3n) is 4.61. The van der Waals surface area contributed by atoms with Gasteiger partial charge in [-0.25, -0.2) is 0 Å². The molecule has 1 N–H and O–H groups in total. The molecular weight excluding hydrogens is 174 g/mol. The fraction of sp³-hybridized carbons (Fsp3) is 1.00. The van der Waals surface area contributed by atoms with Crippen molar-refractivity contribution in [2.24, 2.45) is 11.8 Å². The summed E-state index contributed by atoms with van der Waals surface area (Å²) in [5.74, 6) is 1.59. The standard InChI is InChI=1S/C12H21NO/c14-12-3-1-2-10(12)8-13-7-9-4-5-11(13)6-9/h9-12,14H,1-8H2. The van der Waals surface area contributed by atoms with Crippen molar-refractivity contribution in [2.75, 3.05) is 13.1 Å². The zero-order chi connectivity index (χ0) is 9.54. The van der Waals surface area contributed by atoms with Crippen molar-refractivity contribution < 1.29 is 5.11 Å². The Balaban J connectivity index is 1.57. The topological polar surface area (TPSA) is 23.5 Å². The fourth-order valence-electron chi connectivity index (χ4n) is 3.78. The smallest absolute Gasteiger partial charge is 0.0580 e. The predicted molar refractivity (Wildman–Crippen MR) is 56.0 cm³/mol. The van der Waals surface area contributed by atoms with Crippen LogP contribution in [0.5, 0.6) is 0 Å². The minimum absolute atomic E-state index is 0.00845. The molecule has 0 spiro atoms. The zero-order valence-corrected chi connectivity index (χ0v) is 8.86. The molecule has 0 radical (unpaired) electrons. The molecule has 2 heteroatoms. The van der Waals surface area contributed by atoms with Crippen molar-refractivity contribution in [1.29, 1.82) is 0 Å². The van der Waals surface area contributed by atoms with Crippen molar-refractivity contribution in [3.8, 4) is 0 Å². The van der Waals surface area contributed by atoms with Gasteiger partial charge in [0, 0.05) is 19.1 Å². The van der Waals surface area contributed by atoms with Crippen LogP contribution in [0.3, 0.4) is 0 Å². The second-order valence-electron chi connectivity index (χ2n) is 5.55. The van der Waals surface area contributed by atoms with E-state index in [1.807, 2.05) is 0 Å². The summed E-state index contributed by atoms with van der Waals surface area (Å²) < 4.78 is 0. The summed E-state index contributed by atoms with van der Waals surface area (Å²) in [5.41, 5.74) is 0.